The van der Waals surface area contributed by atoms with Crippen LogP contribution in [-0.2, 0) is 4.79 Å². The van der Waals surface area contributed by atoms with Gasteiger partial charge < -0.3 is 21.7 Å². The fourth-order valence-corrected chi connectivity index (χ4v) is 1.33. The van der Waals surface area contributed by atoms with Crippen LogP contribution >= 0.6 is 0 Å². The summed E-state index contributed by atoms with van der Waals surface area (Å²) in [4.78, 5) is 10.5. The standard InChI is InChI=1S/C10H13FN2O3/c11-5-1-2-7(12)6(3-5)10(16)8(14)4-9(13)15/h1-3,8,10,14,16H,4,12H2,(H2,13,15). The molecule has 6 N–H and O–H groups in total. The van der Waals surface area contributed by atoms with Crippen molar-refractivity contribution in [1.29, 1.82) is 0 Å². The molecule has 0 radical (unpaired) electrons. The van der Waals surface area contributed by atoms with E-state index in [-0.39, 0.29) is 11.3 Å². The number of aliphatic hydroxyl groups excluding tert-OH is 2. The van der Waals surface area contributed by atoms with Gasteiger partial charge in [0.25, 0.3) is 0 Å². The lowest BCUT2D eigenvalue weighted by Crippen LogP contribution is -2.26. The van der Waals surface area contributed by atoms with Crippen LogP contribution in [-0.4, -0.2) is 22.2 Å². The molecular formula is C10H13FN2O3. The first kappa shape index (κ1) is 12.4. The van der Waals surface area contributed by atoms with Gasteiger partial charge in [-0.15, -0.1) is 0 Å². The zero-order chi connectivity index (χ0) is 12.3. The van der Waals surface area contributed by atoms with Gasteiger partial charge in [0.15, 0.2) is 0 Å². The first-order valence-corrected chi connectivity index (χ1v) is 4.61. The summed E-state index contributed by atoms with van der Waals surface area (Å²) in [6.07, 6.45) is -3.26. The van der Waals surface area contributed by atoms with E-state index in [1.165, 1.54) is 6.07 Å². The summed E-state index contributed by atoms with van der Waals surface area (Å²) in [5.41, 5.74) is 10.5. The minimum atomic E-state index is -1.44. The van der Waals surface area contributed by atoms with Crippen molar-refractivity contribution in [2.24, 2.45) is 5.73 Å². The van der Waals surface area contributed by atoms with Crippen LogP contribution in [0, 0.1) is 5.82 Å². The molecule has 5 nitrogen and oxygen atoms in total. The fourth-order valence-electron chi connectivity index (χ4n) is 1.33. The third-order valence-electron chi connectivity index (χ3n) is 2.14. The average Bonchev–Trinajstić information content (AvgIpc) is 2.19. The monoisotopic (exact) mass is 228 g/mol. The van der Waals surface area contributed by atoms with Gasteiger partial charge in [0, 0.05) is 11.3 Å². The molecule has 16 heavy (non-hydrogen) atoms. The Bertz CT molecular complexity index is 398. The number of aliphatic hydroxyl groups is 2. The van der Waals surface area contributed by atoms with E-state index in [1.807, 2.05) is 0 Å². The summed E-state index contributed by atoms with van der Waals surface area (Å²) in [5, 5.41) is 19.1. The third-order valence-corrected chi connectivity index (χ3v) is 2.14. The predicted molar refractivity (Wildman–Crippen MR) is 55.6 cm³/mol. The molecule has 0 aliphatic rings. The van der Waals surface area contributed by atoms with Crippen LogP contribution in [0.1, 0.15) is 18.1 Å². The number of rotatable bonds is 4. The van der Waals surface area contributed by atoms with Gasteiger partial charge in [0.2, 0.25) is 5.91 Å². The molecule has 0 aromatic heterocycles. The van der Waals surface area contributed by atoms with Crippen LogP contribution in [0.15, 0.2) is 18.2 Å². The SMILES string of the molecule is NC(=O)CC(O)C(O)c1cc(F)ccc1N. The molecule has 2 unspecified atom stereocenters. The highest BCUT2D eigenvalue weighted by Crippen LogP contribution is 2.25. The summed E-state index contributed by atoms with van der Waals surface area (Å²) >= 11 is 0. The number of anilines is 1. The lowest BCUT2D eigenvalue weighted by molar-refractivity contribution is -0.121. The van der Waals surface area contributed by atoms with Gasteiger partial charge in [-0.2, -0.15) is 0 Å². The third kappa shape index (κ3) is 2.91. The maximum Gasteiger partial charge on any atom is 0.220 e. The summed E-state index contributed by atoms with van der Waals surface area (Å²) in [5.74, 6) is -1.35. The molecule has 1 aromatic rings. The number of carbonyl (C=O) groups excluding carboxylic acids is 1. The Labute approximate surface area is 91.5 Å². The van der Waals surface area contributed by atoms with Crippen molar-refractivity contribution in [3.8, 4) is 0 Å². The molecule has 1 rings (SSSR count). The summed E-state index contributed by atoms with van der Waals surface area (Å²) in [6, 6.07) is 3.40. The molecule has 0 saturated carbocycles. The largest absolute Gasteiger partial charge is 0.398 e. The lowest BCUT2D eigenvalue weighted by Gasteiger charge is -2.18. The zero-order valence-corrected chi connectivity index (χ0v) is 8.43. The second-order valence-electron chi connectivity index (χ2n) is 3.46. The number of halogens is 1. The number of hydrogen-bond acceptors (Lipinski definition) is 4. The van der Waals surface area contributed by atoms with Crippen LogP contribution in [0.2, 0.25) is 0 Å². The molecule has 0 aliphatic carbocycles. The van der Waals surface area contributed by atoms with Crippen molar-refractivity contribution in [2.45, 2.75) is 18.6 Å². The van der Waals surface area contributed by atoms with Gasteiger partial charge in [-0.05, 0) is 18.2 Å². The number of amides is 1. The van der Waals surface area contributed by atoms with Gasteiger partial charge >= 0.3 is 0 Å². The Morgan fingerprint density at radius 1 is 1.44 bits per heavy atom. The van der Waals surface area contributed by atoms with Crippen LogP contribution in [0.4, 0.5) is 10.1 Å². The zero-order valence-electron chi connectivity index (χ0n) is 8.43. The molecule has 6 heteroatoms. The van der Waals surface area contributed by atoms with Gasteiger partial charge in [-0.1, -0.05) is 0 Å². The van der Waals surface area contributed by atoms with E-state index in [0.717, 1.165) is 12.1 Å². The van der Waals surface area contributed by atoms with Crippen molar-refractivity contribution in [3.63, 3.8) is 0 Å². The van der Waals surface area contributed by atoms with E-state index in [2.05, 4.69) is 0 Å². The summed E-state index contributed by atoms with van der Waals surface area (Å²) < 4.78 is 12.9. The maximum absolute atomic E-state index is 12.9. The minimum absolute atomic E-state index is 0.0359. The highest BCUT2D eigenvalue weighted by Gasteiger charge is 2.22. The molecule has 0 heterocycles. The van der Waals surface area contributed by atoms with E-state index in [0.29, 0.717) is 0 Å². The van der Waals surface area contributed by atoms with E-state index in [4.69, 9.17) is 11.5 Å². The fraction of sp³-hybridized carbons (Fsp3) is 0.300. The smallest absolute Gasteiger partial charge is 0.220 e. The Morgan fingerprint density at radius 3 is 2.62 bits per heavy atom. The van der Waals surface area contributed by atoms with Crippen molar-refractivity contribution in [1.82, 2.24) is 0 Å². The molecule has 88 valence electrons. The molecule has 0 aliphatic heterocycles. The van der Waals surface area contributed by atoms with Gasteiger partial charge in [-0.3, -0.25) is 4.79 Å². The minimum Gasteiger partial charge on any atom is -0.398 e. The number of nitrogen functional groups attached to an aromatic ring is 1. The Hall–Kier alpha value is -1.66. The Kier molecular flexibility index (Phi) is 3.81. The van der Waals surface area contributed by atoms with Crippen molar-refractivity contribution in [2.75, 3.05) is 5.73 Å². The Balaban J connectivity index is 2.90. The van der Waals surface area contributed by atoms with Crippen molar-refractivity contribution >= 4 is 11.6 Å². The quantitative estimate of drug-likeness (QED) is 0.529. The number of nitrogens with two attached hydrogens (primary N) is 2. The van der Waals surface area contributed by atoms with E-state index < -0.39 is 30.4 Å². The molecule has 1 aromatic carbocycles. The molecule has 1 amide bonds. The Morgan fingerprint density at radius 2 is 2.06 bits per heavy atom. The molecule has 0 fully saturated rings. The summed E-state index contributed by atoms with van der Waals surface area (Å²) in [6.45, 7) is 0. The van der Waals surface area contributed by atoms with Gasteiger partial charge in [0.05, 0.1) is 12.5 Å². The van der Waals surface area contributed by atoms with E-state index in [9.17, 15) is 19.4 Å². The topological polar surface area (TPSA) is 110 Å². The first-order valence-electron chi connectivity index (χ1n) is 4.61. The highest BCUT2D eigenvalue weighted by molar-refractivity contribution is 5.74. The van der Waals surface area contributed by atoms with Crippen LogP contribution < -0.4 is 11.5 Å². The molecular weight excluding hydrogens is 215 g/mol. The molecule has 0 saturated heterocycles. The second kappa shape index (κ2) is 4.91. The van der Waals surface area contributed by atoms with Crippen molar-refractivity contribution in [3.05, 3.63) is 29.6 Å². The number of carbonyl (C=O) groups is 1. The summed E-state index contributed by atoms with van der Waals surface area (Å²) in [7, 11) is 0. The molecule has 0 bridgehead atoms. The van der Waals surface area contributed by atoms with Crippen LogP contribution in [0.25, 0.3) is 0 Å². The molecule has 2 atom stereocenters. The molecule has 0 spiro atoms. The lowest BCUT2D eigenvalue weighted by atomic mass is 10.0. The van der Waals surface area contributed by atoms with E-state index in [1.54, 1.807) is 0 Å². The van der Waals surface area contributed by atoms with Crippen molar-refractivity contribution < 1.29 is 19.4 Å². The average molecular weight is 228 g/mol. The number of primary amides is 1. The normalized spacial score (nSPS) is 14.4. The number of hydrogen-bond donors (Lipinski definition) is 4. The highest BCUT2D eigenvalue weighted by atomic mass is 19.1. The predicted octanol–water partition coefficient (Wildman–Crippen LogP) is -0.322. The maximum atomic E-state index is 12.9. The van der Waals surface area contributed by atoms with Gasteiger partial charge in [0.1, 0.15) is 11.9 Å². The number of benzene rings is 1. The first-order chi connectivity index (χ1) is 7.41. The van der Waals surface area contributed by atoms with Gasteiger partial charge in [-0.25, -0.2) is 4.39 Å². The van der Waals surface area contributed by atoms with Crippen LogP contribution in [0.3, 0.4) is 0 Å². The van der Waals surface area contributed by atoms with Crippen LogP contribution in [0.5, 0.6) is 0 Å². The second-order valence-corrected chi connectivity index (χ2v) is 3.46. The van der Waals surface area contributed by atoms with E-state index >= 15 is 0 Å².